The van der Waals surface area contributed by atoms with Gasteiger partial charge in [0.05, 0.1) is 31.2 Å². The van der Waals surface area contributed by atoms with Crippen LogP contribution in [0.15, 0.2) is 47.6 Å². The first kappa shape index (κ1) is 18.2. The van der Waals surface area contributed by atoms with E-state index < -0.39 is 0 Å². The van der Waals surface area contributed by atoms with Crippen molar-refractivity contribution in [3.63, 3.8) is 0 Å². The van der Waals surface area contributed by atoms with Crippen molar-refractivity contribution in [1.29, 1.82) is 0 Å². The van der Waals surface area contributed by atoms with Gasteiger partial charge < -0.3 is 9.47 Å². The Balaban J connectivity index is 1.49. The maximum Gasteiger partial charge on any atom is 0.283 e. The topological polar surface area (TPSA) is 72.8 Å². The average molecular weight is 393 g/mol. The zero-order valence-corrected chi connectivity index (χ0v) is 16.4. The van der Waals surface area contributed by atoms with Gasteiger partial charge in [-0.2, -0.15) is 5.10 Å². The number of fused-ring (bicyclic) bond motifs is 1. The summed E-state index contributed by atoms with van der Waals surface area (Å²) >= 11 is 1.32. The number of hydrazone groups is 1. The van der Waals surface area contributed by atoms with Gasteiger partial charge in [0.25, 0.3) is 5.91 Å². The Bertz CT molecular complexity index is 1060. The maximum absolute atomic E-state index is 12.5. The fraction of sp³-hybridized carbons (Fsp3) is 0.190. The lowest BCUT2D eigenvalue weighted by Gasteiger charge is -2.04. The molecule has 2 aromatic carbocycles. The minimum absolute atomic E-state index is 0.281. The van der Waals surface area contributed by atoms with E-state index in [9.17, 15) is 4.79 Å². The van der Waals surface area contributed by atoms with Gasteiger partial charge in [0.15, 0.2) is 0 Å². The van der Waals surface area contributed by atoms with Crippen LogP contribution >= 0.6 is 11.3 Å². The number of nitrogens with zero attached hydrogens (tertiary/aromatic N) is 2. The first-order valence-electron chi connectivity index (χ1n) is 8.85. The van der Waals surface area contributed by atoms with Gasteiger partial charge in [-0.25, -0.2) is 10.4 Å². The number of rotatable bonds is 5. The van der Waals surface area contributed by atoms with Crippen LogP contribution in [0.25, 0.3) is 10.6 Å². The highest BCUT2D eigenvalue weighted by atomic mass is 32.1. The standard InChI is InChI=1S/C21H19N3O3S/c1-13-19(28-21(23-13)16-5-3-4-6-18(16)26-2)20(25)24-22-12-14-7-8-17-15(11-14)9-10-27-17/h3-8,11-12H,9-10H2,1-2H3,(H,24,25)/b22-12+. The van der Waals surface area contributed by atoms with Crippen molar-refractivity contribution in [3.05, 3.63) is 64.2 Å². The van der Waals surface area contributed by atoms with E-state index in [1.54, 1.807) is 13.3 Å². The van der Waals surface area contributed by atoms with Gasteiger partial charge in [-0.05, 0) is 48.4 Å². The summed E-state index contributed by atoms with van der Waals surface area (Å²) < 4.78 is 10.9. The maximum atomic E-state index is 12.5. The number of carbonyl (C=O) groups excluding carboxylic acids is 1. The molecule has 0 saturated heterocycles. The van der Waals surface area contributed by atoms with Crippen molar-refractivity contribution in [2.45, 2.75) is 13.3 Å². The summed E-state index contributed by atoms with van der Waals surface area (Å²) in [6.45, 7) is 2.53. The largest absolute Gasteiger partial charge is 0.496 e. The number of aryl methyl sites for hydroxylation is 1. The third-order valence-electron chi connectivity index (χ3n) is 4.43. The minimum Gasteiger partial charge on any atom is -0.496 e. The molecule has 0 atom stereocenters. The molecule has 0 saturated carbocycles. The molecule has 0 bridgehead atoms. The summed E-state index contributed by atoms with van der Waals surface area (Å²) in [5.74, 6) is 1.36. The first-order chi connectivity index (χ1) is 13.7. The molecule has 3 aromatic rings. The van der Waals surface area contributed by atoms with E-state index >= 15 is 0 Å². The number of nitrogens with one attached hydrogen (secondary N) is 1. The Morgan fingerprint density at radius 3 is 3.04 bits per heavy atom. The second-order valence-corrected chi connectivity index (χ2v) is 7.30. The Morgan fingerprint density at radius 1 is 1.32 bits per heavy atom. The van der Waals surface area contributed by atoms with Gasteiger partial charge in [-0.1, -0.05) is 12.1 Å². The van der Waals surface area contributed by atoms with E-state index in [1.165, 1.54) is 11.3 Å². The Kier molecular flexibility index (Phi) is 5.08. The second kappa shape index (κ2) is 7.82. The van der Waals surface area contributed by atoms with Gasteiger partial charge >= 0.3 is 0 Å². The highest BCUT2D eigenvalue weighted by molar-refractivity contribution is 7.17. The molecule has 28 heavy (non-hydrogen) atoms. The molecule has 1 N–H and O–H groups in total. The molecule has 1 amide bonds. The zero-order valence-electron chi connectivity index (χ0n) is 15.6. The number of ether oxygens (including phenoxy) is 2. The molecule has 1 aliphatic rings. The van der Waals surface area contributed by atoms with Gasteiger partial charge in [0.2, 0.25) is 0 Å². The number of methoxy groups -OCH3 is 1. The van der Waals surface area contributed by atoms with Crippen LogP contribution < -0.4 is 14.9 Å². The van der Waals surface area contributed by atoms with E-state index in [-0.39, 0.29) is 5.91 Å². The summed E-state index contributed by atoms with van der Waals surface area (Å²) in [5.41, 5.74) is 6.19. The predicted molar refractivity (Wildman–Crippen MR) is 110 cm³/mol. The van der Waals surface area contributed by atoms with E-state index in [2.05, 4.69) is 15.5 Å². The van der Waals surface area contributed by atoms with E-state index in [0.29, 0.717) is 17.2 Å². The summed E-state index contributed by atoms with van der Waals surface area (Å²) in [7, 11) is 1.62. The third-order valence-corrected chi connectivity index (χ3v) is 5.62. The molecule has 7 heteroatoms. The first-order valence-corrected chi connectivity index (χ1v) is 9.67. The molecule has 4 rings (SSSR count). The van der Waals surface area contributed by atoms with Gasteiger partial charge in [-0.15, -0.1) is 11.3 Å². The van der Waals surface area contributed by atoms with Crippen molar-refractivity contribution in [3.8, 4) is 22.1 Å². The van der Waals surface area contributed by atoms with Gasteiger partial charge in [0.1, 0.15) is 21.4 Å². The fourth-order valence-electron chi connectivity index (χ4n) is 3.05. The second-order valence-electron chi connectivity index (χ2n) is 6.30. The van der Waals surface area contributed by atoms with Gasteiger partial charge in [0, 0.05) is 6.42 Å². The molecule has 0 unspecified atom stereocenters. The lowest BCUT2D eigenvalue weighted by Crippen LogP contribution is -2.17. The number of hydrogen-bond acceptors (Lipinski definition) is 6. The normalized spacial score (nSPS) is 12.6. The van der Waals surface area contributed by atoms with Crippen LogP contribution in [0.1, 0.15) is 26.5 Å². The molecule has 0 radical (unpaired) electrons. The van der Waals surface area contributed by atoms with Crippen molar-refractivity contribution in [1.82, 2.24) is 10.4 Å². The van der Waals surface area contributed by atoms with Crippen molar-refractivity contribution in [2.75, 3.05) is 13.7 Å². The fourth-order valence-corrected chi connectivity index (χ4v) is 4.03. The van der Waals surface area contributed by atoms with E-state index in [4.69, 9.17) is 9.47 Å². The summed E-state index contributed by atoms with van der Waals surface area (Å²) in [6, 6.07) is 13.5. The molecule has 0 fully saturated rings. The lowest BCUT2D eigenvalue weighted by atomic mass is 10.1. The van der Waals surface area contributed by atoms with E-state index in [0.717, 1.165) is 39.6 Å². The van der Waals surface area contributed by atoms with Crippen molar-refractivity contribution >= 4 is 23.5 Å². The smallest absolute Gasteiger partial charge is 0.283 e. The Hall–Kier alpha value is -3.19. The molecule has 1 aliphatic heterocycles. The van der Waals surface area contributed by atoms with Crippen LogP contribution in [0.2, 0.25) is 0 Å². The monoisotopic (exact) mass is 393 g/mol. The van der Waals surface area contributed by atoms with Crippen molar-refractivity contribution < 1.29 is 14.3 Å². The third kappa shape index (κ3) is 3.61. The SMILES string of the molecule is COc1ccccc1-c1nc(C)c(C(=O)N/N=C/c2ccc3c(c2)CCO3)s1. The Labute approximate surface area is 166 Å². The van der Waals surface area contributed by atoms with Crippen LogP contribution in [0, 0.1) is 6.92 Å². The number of hydrogen-bond donors (Lipinski definition) is 1. The number of thiazole rings is 1. The minimum atomic E-state index is -0.281. The van der Waals surface area contributed by atoms with Crippen LogP contribution in [0.4, 0.5) is 0 Å². The molecule has 0 aliphatic carbocycles. The molecule has 0 spiro atoms. The molecular weight excluding hydrogens is 374 g/mol. The van der Waals surface area contributed by atoms with Crippen molar-refractivity contribution in [2.24, 2.45) is 5.10 Å². The van der Waals surface area contributed by atoms with Gasteiger partial charge in [-0.3, -0.25) is 4.79 Å². The van der Waals surface area contributed by atoms with Crippen LogP contribution in [-0.2, 0) is 6.42 Å². The number of aromatic nitrogens is 1. The molecule has 142 valence electrons. The van der Waals surface area contributed by atoms with Crippen LogP contribution in [0.3, 0.4) is 0 Å². The predicted octanol–water partition coefficient (Wildman–Crippen LogP) is 3.83. The quantitative estimate of drug-likeness (QED) is 0.528. The number of benzene rings is 2. The molecular formula is C21H19N3O3S. The highest BCUT2D eigenvalue weighted by Crippen LogP contribution is 2.34. The van der Waals surface area contributed by atoms with Crippen LogP contribution in [0.5, 0.6) is 11.5 Å². The van der Waals surface area contributed by atoms with Crippen LogP contribution in [-0.4, -0.2) is 30.8 Å². The molecule has 1 aromatic heterocycles. The lowest BCUT2D eigenvalue weighted by molar-refractivity contribution is 0.0958. The zero-order chi connectivity index (χ0) is 19.5. The van der Waals surface area contributed by atoms with E-state index in [1.807, 2.05) is 49.4 Å². The average Bonchev–Trinajstić information content (AvgIpc) is 3.33. The molecule has 6 nitrogen and oxygen atoms in total. The highest BCUT2D eigenvalue weighted by Gasteiger charge is 2.18. The number of carbonyl (C=O) groups is 1. The summed E-state index contributed by atoms with van der Waals surface area (Å²) in [5, 5.41) is 4.83. The summed E-state index contributed by atoms with van der Waals surface area (Å²) in [4.78, 5) is 17.6. The number of para-hydroxylation sites is 1. The Morgan fingerprint density at radius 2 is 2.18 bits per heavy atom. The molecule has 2 heterocycles. The number of amides is 1. The summed E-state index contributed by atoms with van der Waals surface area (Å²) in [6.07, 6.45) is 2.53.